The van der Waals surface area contributed by atoms with Gasteiger partial charge < -0.3 is 15.0 Å². The van der Waals surface area contributed by atoms with E-state index < -0.39 is 18.3 Å². The third-order valence-electron chi connectivity index (χ3n) is 4.55. The molecule has 1 fully saturated rings. The molecule has 1 aromatic rings. The highest BCUT2D eigenvalue weighted by Gasteiger charge is 2.52. The van der Waals surface area contributed by atoms with Crippen molar-refractivity contribution in [2.45, 2.75) is 45.8 Å². The van der Waals surface area contributed by atoms with Crippen molar-refractivity contribution in [1.29, 1.82) is 0 Å². The molecule has 4 nitrogen and oxygen atoms in total. The fourth-order valence-electron chi connectivity index (χ4n) is 2.37. The van der Waals surface area contributed by atoms with E-state index in [9.17, 15) is 4.79 Å². The molecule has 0 atom stereocenters. The lowest BCUT2D eigenvalue weighted by atomic mass is 9.78. The molecule has 0 radical (unpaired) electrons. The number of ketones is 1. The molecule has 1 heterocycles. The molecule has 0 aromatic heterocycles. The zero-order valence-corrected chi connectivity index (χ0v) is 15.2. The molecule has 0 aliphatic carbocycles. The van der Waals surface area contributed by atoms with Gasteiger partial charge in [0.25, 0.3) is 0 Å². The van der Waals surface area contributed by atoms with Crippen LogP contribution in [0, 0.1) is 0 Å². The predicted octanol–water partition coefficient (Wildman–Crippen LogP) is 3.42. The van der Waals surface area contributed by atoms with Gasteiger partial charge in [-0.3, -0.25) is 4.79 Å². The highest BCUT2D eigenvalue weighted by Crippen LogP contribution is 2.39. The van der Waals surface area contributed by atoms with Crippen LogP contribution >= 0.6 is 12.6 Å². The summed E-state index contributed by atoms with van der Waals surface area (Å²) < 4.78 is 12.1. The summed E-state index contributed by atoms with van der Waals surface area (Å²) in [6, 6.07) is 5.39. The summed E-state index contributed by atoms with van der Waals surface area (Å²) in [6.07, 6.45) is 1.95. The van der Waals surface area contributed by atoms with E-state index >= 15 is 0 Å². The Labute approximate surface area is 144 Å². The van der Waals surface area contributed by atoms with Crippen LogP contribution in [0.2, 0.25) is 0 Å². The summed E-state index contributed by atoms with van der Waals surface area (Å²) >= 11 is 4.40. The van der Waals surface area contributed by atoms with Crippen LogP contribution in [0.1, 0.15) is 50.5 Å². The molecule has 1 aliphatic heterocycles. The van der Waals surface area contributed by atoms with E-state index in [4.69, 9.17) is 15.0 Å². The maximum Gasteiger partial charge on any atom is 0.491 e. The van der Waals surface area contributed by atoms with Crippen LogP contribution in [0.4, 0.5) is 5.69 Å². The van der Waals surface area contributed by atoms with Crippen LogP contribution in [-0.4, -0.2) is 29.9 Å². The van der Waals surface area contributed by atoms with Crippen LogP contribution in [0.15, 0.2) is 23.7 Å². The fraction of sp³-hybridized carbons (Fsp3) is 0.471. The van der Waals surface area contributed by atoms with Crippen LogP contribution < -0.4 is 5.73 Å². The Kier molecular flexibility index (Phi) is 4.99. The number of nitrogen functional groups attached to an aromatic ring is 1. The standard InChI is InChI=1S/C17H24BNO3S/c1-11(20)14-9-12(6-7-15(14)19)8-13(10-23)18-21-16(2,3)17(4,5)22-18/h6-9,23H,10,19H2,1-5H3. The minimum atomic E-state index is -0.448. The molecule has 0 bridgehead atoms. The van der Waals surface area contributed by atoms with E-state index in [-0.39, 0.29) is 5.78 Å². The maximum atomic E-state index is 11.6. The second-order valence-corrected chi connectivity index (χ2v) is 7.18. The van der Waals surface area contributed by atoms with Crippen molar-refractivity contribution in [3.05, 3.63) is 34.8 Å². The largest absolute Gasteiger partial charge is 0.491 e. The van der Waals surface area contributed by atoms with Crippen LogP contribution in [-0.2, 0) is 9.31 Å². The van der Waals surface area contributed by atoms with Crippen LogP contribution in [0.3, 0.4) is 0 Å². The van der Waals surface area contributed by atoms with Gasteiger partial charge in [0, 0.05) is 17.0 Å². The molecule has 0 saturated carbocycles. The van der Waals surface area contributed by atoms with Gasteiger partial charge in [-0.25, -0.2) is 0 Å². The lowest BCUT2D eigenvalue weighted by Gasteiger charge is -2.32. The number of benzene rings is 1. The van der Waals surface area contributed by atoms with Gasteiger partial charge in [0.1, 0.15) is 0 Å². The first kappa shape index (κ1) is 18.1. The predicted molar refractivity (Wildman–Crippen MR) is 98.8 cm³/mol. The van der Waals surface area contributed by atoms with Crippen molar-refractivity contribution in [1.82, 2.24) is 0 Å². The van der Waals surface area contributed by atoms with E-state index in [1.807, 2.05) is 39.8 Å². The quantitative estimate of drug-likeness (QED) is 0.384. The molecule has 124 valence electrons. The molecule has 1 aromatic carbocycles. The van der Waals surface area contributed by atoms with Crippen molar-refractivity contribution < 1.29 is 14.1 Å². The Morgan fingerprint density at radius 1 is 1.26 bits per heavy atom. The van der Waals surface area contributed by atoms with E-state index in [2.05, 4.69) is 12.6 Å². The zero-order chi connectivity index (χ0) is 17.4. The fourth-order valence-corrected chi connectivity index (χ4v) is 2.61. The summed E-state index contributed by atoms with van der Waals surface area (Å²) in [5, 5.41) is 0. The summed E-state index contributed by atoms with van der Waals surface area (Å²) in [6.45, 7) is 9.56. The molecule has 0 amide bonds. The first-order valence-corrected chi connectivity index (χ1v) is 8.28. The molecule has 23 heavy (non-hydrogen) atoms. The van der Waals surface area contributed by atoms with Gasteiger partial charge in [-0.2, -0.15) is 12.6 Å². The highest BCUT2D eigenvalue weighted by molar-refractivity contribution is 7.80. The van der Waals surface area contributed by atoms with Gasteiger partial charge in [0.15, 0.2) is 5.78 Å². The van der Waals surface area contributed by atoms with Gasteiger partial charge in [-0.15, -0.1) is 0 Å². The number of hydrogen-bond donors (Lipinski definition) is 2. The lowest BCUT2D eigenvalue weighted by Crippen LogP contribution is -2.41. The average molecular weight is 333 g/mol. The van der Waals surface area contributed by atoms with E-state index in [1.165, 1.54) is 6.92 Å². The summed E-state index contributed by atoms with van der Waals surface area (Å²) in [4.78, 5) is 11.6. The first-order valence-electron chi connectivity index (χ1n) is 7.65. The maximum absolute atomic E-state index is 11.6. The highest BCUT2D eigenvalue weighted by atomic mass is 32.1. The van der Waals surface area contributed by atoms with E-state index in [0.717, 1.165) is 11.0 Å². The van der Waals surface area contributed by atoms with Crippen molar-refractivity contribution in [2.24, 2.45) is 0 Å². The van der Waals surface area contributed by atoms with E-state index in [0.29, 0.717) is 17.0 Å². The van der Waals surface area contributed by atoms with Crippen molar-refractivity contribution >= 4 is 37.3 Å². The van der Waals surface area contributed by atoms with Crippen LogP contribution in [0.5, 0.6) is 0 Å². The molecule has 1 saturated heterocycles. The zero-order valence-electron chi connectivity index (χ0n) is 14.3. The Morgan fingerprint density at radius 2 is 1.83 bits per heavy atom. The van der Waals surface area contributed by atoms with Gasteiger partial charge >= 0.3 is 7.12 Å². The third kappa shape index (κ3) is 3.65. The molecule has 2 N–H and O–H groups in total. The van der Waals surface area contributed by atoms with Crippen molar-refractivity contribution in [2.75, 3.05) is 11.5 Å². The monoisotopic (exact) mass is 333 g/mol. The molecule has 0 spiro atoms. The number of hydrogen-bond acceptors (Lipinski definition) is 5. The number of thiol groups is 1. The summed E-state index contributed by atoms with van der Waals surface area (Å²) in [7, 11) is -0.448. The molecular weight excluding hydrogens is 309 g/mol. The first-order chi connectivity index (χ1) is 10.6. The molecule has 0 unspecified atom stereocenters. The molecule has 1 aliphatic rings. The van der Waals surface area contributed by atoms with Gasteiger partial charge in [0.05, 0.1) is 11.2 Å². The minimum absolute atomic E-state index is 0.0548. The second kappa shape index (κ2) is 6.34. The Bertz CT molecular complexity index is 639. The SMILES string of the molecule is CC(=O)c1cc(C=C(CS)B2OC(C)(C)C(C)(C)O2)ccc1N. The van der Waals surface area contributed by atoms with Gasteiger partial charge in [-0.1, -0.05) is 12.1 Å². The Morgan fingerprint density at radius 3 is 2.30 bits per heavy atom. The minimum Gasteiger partial charge on any atom is -0.400 e. The average Bonchev–Trinajstić information content (AvgIpc) is 2.66. The number of rotatable bonds is 4. The molecule has 6 heteroatoms. The molecular formula is C17H24BNO3S. The molecule has 2 rings (SSSR count). The van der Waals surface area contributed by atoms with Crippen LogP contribution in [0.25, 0.3) is 6.08 Å². The summed E-state index contributed by atoms with van der Waals surface area (Å²) in [5.41, 5.74) is 7.84. The number of Topliss-reactive ketones (excluding diaryl/α,β-unsaturated/α-hetero) is 1. The Hall–Kier alpha value is -1.24. The van der Waals surface area contributed by atoms with Gasteiger partial charge in [-0.05, 0) is 57.8 Å². The summed E-state index contributed by atoms with van der Waals surface area (Å²) in [5.74, 6) is 0.442. The van der Waals surface area contributed by atoms with Crippen molar-refractivity contribution in [3.63, 3.8) is 0 Å². The van der Waals surface area contributed by atoms with Gasteiger partial charge in [0.2, 0.25) is 0 Å². The second-order valence-electron chi connectivity index (χ2n) is 6.87. The Balaban J connectivity index is 2.34. The van der Waals surface area contributed by atoms with E-state index in [1.54, 1.807) is 12.1 Å². The number of carbonyl (C=O) groups excluding carboxylic acids is 1. The third-order valence-corrected chi connectivity index (χ3v) is 4.91. The normalized spacial score (nSPS) is 19.9. The van der Waals surface area contributed by atoms with Crippen molar-refractivity contribution in [3.8, 4) is 0 Å². The topological polar surface area (TPSA) is 61.5 Å². The smallest absolute Gasteiger partial charge is 0.400 e. The number of nitrogens with two attached hydrogens (primary N) is 1. The number of anilines is 1. The number of carbonyl (C=O) groups is 1. The lowest BCUT2D eigenvalue weighted by molar-refractivity contribution is 0.00578.